The summed E-state index contributed by atoms with van der Waals surface area (Å²) in [4.78, 5) is 28.5. The molecule has 0 unspecified atom stereocenters. The highest BCUT2D eigenvalue weighted by Gasteiger charge is 2.18. The van der Waals surface area contributed by atoms with E-state index >= 15 is 0 Å². The Bertz CT molecular complexity index is 1250. The van der Waals surface area contributed by atoms with Gasteiger partial charge in [-0.05, 0) is 49.4 Å². The lowest BCUT2D eigenvalue weighted by atomic mass is 10.1. The molecule has 3 aromatic carbocycles. The normalized spacial score (nSPS) is 10.5. The first-order valence-corrected chi connectivity index (χ1v) is 9.69. The zero-order valence-electron chi connectivity index (χ0n) is 17.0. The Balaban J connectivity index is 1.57. The van der Waals surface area contributed by atoms with Crippen molar-refractivity contribution in [3.63, 3.8) is 0 Å². The molecule has 0 aliphatic heterocycles. The molecule has 0 saturated carbocycles. The van der Waals surface area contributed by atoms with Gasteiger partial charge in [0.15, 0.2) is 0 Å². The van der Waals surface area contributed by atoms with Crippen molar-refractivity contribution in [1.82, 2.24) is 10.1 Å². The lowest BCUT2D eigenvalue weighted by Gasteiger charge is -2.09. The molecule has 0 spiro atoms. The summed E-state index contributed by atoms with van der Waals surface area (Å²) in [6.07, 6.45) is 0. The molecule has 31 heavy (non-hydrogen) atoms. The molecule has 2 N–H and O–H groups in total. The van der Waals surface area contributed by atoms with E-state index < -0.39 is 0 Å². The fourth-order valence-corrected chi connectivity index (χ4v) is 3.14. The number of carbonyl (C=O) groups is 2. The summed E-state index contributed by atoms with van der Waals surface area (Å²) < 4.78 is 5.46. The maximum absolute atomic E-state index is 12.9. The number of aromatic nitrogens is 2. The molecule has 0 atom stereocenters. The summed E-state index contributed by atoms with van der Waals surface area (Å²) in [6, 6.07) is 21.7. The largest absolute Gasteiger partial charge is 0.334 e. The molecule has 0 aliphatic rings. The molecule has 0 radical (unpaired) electrons. The summed E-state index contributed by atoms with van der Waals surface area (Å²) >= 11 is 0. The van der Waals surface area contributed by atoms with Crippen molar-refractivity contribution in [3.8, 4) is 22.8 Å². The molecule has 7 heteroatoms. The number of carbonyl (C=O) groups excluding carboxylic acids is 2. The first-order chi connectivity index (χ1) is 15.0. The Morgan fingerprint density at radius 2 is 1.58 bits per heavy atom. The van der Waals surface area contributed by atoms with E-state index in [4.69, 9.17) is 4.52 Å². The predicted molar refractivity (Wildman–Crippen MR) is 119 cm³/mol. The van der Waals surface area contributed by atoms with Gasteiger partial charge in [-0.15, -0.1) is 0 Å². The molecule has 154 valence electrons. The molecule has 1 aromatic heterocycles. The Labute approximate surface area is 179 Å². The molecule has 0 fully saturated rings. The number of anilines is 2. The van der Waals surface area contributed by atoms with Crippen LogP contribution in [-0.2, 0) is 4.79 Å². The Morgan fingerprint density at radius 1 is 0.871 bits per heavy atom. The number of nitrogens with zero attached hydrogens (tertiary/aromatic N) is 2. The van der Waals surface area contributed by atoms with Gasteiger partial charge in [-0.1, -0.05) is 41.1 Å². The molecule has 7 nitrogen and oxygen atoms in total. The van der Waals surface area contributed by atoms with Gasteiger partial charge in [0, 0.05) is 23.9 Å². The predicted octanol–water partition coefficient (Wildman–Crippen LogP) is 4.92. The van der Waals surface area contributed by atoms with Crippen LogP contribution in [-0.4, -0.2) is 22.0 Å². The topological polar surface area (TPSA) is 97.1 Å². The third-order valence-electron chi connectivity index (χ3n) is 4.57. The summed E-state index contributed by atoms with van der Waals surface area (Å²) in [6.45, 7) is 3.43. The molecule has 2 amide bonds. The van der Waals surface area contributed by atoms with Crippen LogP contribution in [0.3, 0.4) is 0 Å². The highest BCUT2D eigenvalue weighted by atomic mass is 16.5. The first kappa shape index (κ1) is 20.0. The van der Waals surface area contributed by atoms with Crippen LogP contribution in [0.5, 0.6) is 0 Å². The third-order valence-corrected chi connectivity index (χ3v) is 4.57. The average Bonchev–Trinajstić information content (AvgIpc) is 3.25. The van der Waals surface area contributed by atoms with Gasteiger partial charge >= 0.3 is 0 Å². The zero-order valence-corrected chi connectivity index (χ0v) is 17.0. The van der Waals surface area contributed by atoms with E-state index in [2.05, 4.69) is 20.8 Å². The monoisotopic (exact) mass is 412 g/mol. The minimum absolute atomic E-state index is 0.157. The minimum Gasteiger partial charge on any atom is -0.334 e. The van der Waals surface area contributed by atoms with Crippen molar-refractivity contribution >= 4 is 23.2 Å². The minimum atomic E-state index is -0.307. The van der Waals surface area contributed by atoms with Crippen LogP contribution in [0.2, 0.25) is 0 Å². The number of hydrogen-bond donors (Lipinski definition) is 2. The third kappa shape index (κ3) is 4.67. The fraction of sp³-hybridized carbons (Fsp3) is 0.0833. The van der Waals surface area contributed by atoms with Gasteiger partial charge in [0.2, 0.25) is 11.7 Å². The number of aryl methyl sites for hydroxylation is 1. The molecule has 0 saturated heterocycles. The molecule has 0 aliphatic carbocycles. The average molecular weight is 412 g/mol. The lowest BCUT2D eigenvalue weighted by Crippen LogP contribution is -2.13. The molecule has 1 heterocycles. The molecular formula is C24H20N4O3. The van der Waals surface area contributed by atoms with Crippen molar-refractivity contribution in [3.05, 3.63) is 83.9 Å². The van der Waals surface area contributed by atoms with Crippen molar-refractivity contribution in [1.29, 1.82) is 0 Å². The van der Waals surface area contributed by atoms with Gasteiger partial charge in [0.05, 0.1) is 11.1 Å². The van der Waals surface area contributed by atoms with E-state index in [0.717, 1.165) is 11.1 Å². The maximum atomic E-state index is 12.9. The van der Waals surface area contributed by atoms with Crippen molar-refractivity contribution in [2.75, 3.05) is 10.6 Å². The van der Waals surface area contributed by atoms with Gasteiger partial charge < -0.3 is 15.2 Å². The fourth-order valence-electron chi connectivity index (χ4n) is 3.14. The van der Waals surface area contributed by atoms with E-state index in [-0.39, 0.29) is 17.7 Å². The maximum Gasteiger partial charge on any atom is 0.259 e. The first-order valence-electron chi connectivity index (χ1n) is 9.69. The molecule has 4 rings (SSSR count). The number of amides is 2. The second-order valence-electron chi connectivity index (χ2n) is 7.05. The second kappa shape index (κ2) is 8.62. The summed E-state index contributed by atoms with van der Waals surface area (Å²) in [5, 5.41) is 9.61. The van der Waals surface area contributed by atoms with E-state index in [1.54, 1.807) is 42.5 Å². The van der Waals surface area contributed by atoms with Crippen LogP contribution >= 0.6 is 0 Å². The van der Waals surface area contributed by atoms with Gasteiger partial charge in [0.1, 0.15) is 0 Å². The number of nitrogens with one attached hydrogen (secondary N) is 2. The highest BCUT2D eigenvalue weighted by Crippen LogP contribution is 2.26. The Kier molecular flexibility index (Phi) is 5.57. The molecule has 0 bridgehead atoms. The van der Waals surface area contributed by atoms with E-state index in [0.29, 0.717) is 28.3 Å². The quantitative estimate of drug-likeness (QED) is 0.485. The van der Waals surface area contributed by atoms with Crippen LogP contribution in [0.15, 0.2) is 77.3 Å². The Hall–Kier alpha value is -4.26. The Morgan fingerprint density at radius 3 is 2.29 bits per heavy atom. The van der Waals surface area contributed by atoms with Crippen molar-refractivity contribution in [2.24, 2.45) is 0 Å². The smallest absolute Gasteiger partial charge is 0.259 e. The van der Waals surface area contributed by atoms with Crippen molar-refractivity contribution < 1.29 is 14.1 Å². The number of hydrogen-bond acceptors (Lipinski definition) is 5. The van der Waals surface area contributed by atoms with Crippen LogP contribution in [0.1, 0.15) is 22.8 Å². The van der Waals surface area contributed by atoms with E-state index in [1.165, 1.54) is 6.92 Å². The van der Waals surface area contributed by atoms with E-state index in [9.17, 15) is 9.59 Å². The van der Waals surface area contributed by atoms with Crippen LogP contribution in [0.25, 0.3) is 22.8 Å². The SMILES string of the molecule is CC(=O)Nc1ccc(NC(=O)c2ccccc2-c2nc(-c3cccc(C)c3)no2)cc1. The summed E-state index contributed by atoms with van der Waals surface area (Å²) in [5.41, 5.74) is 4.14. The number of benzene rings is 3. The second-order valence-corrected chi connectivity index (χ2v) is 7.05. The summed E-state index contributed by atoms with van der Waals surface area (Å²) in [5.74, 6) is 0.263. The highest BCUT2D eigenvalue weighted by molar-refractivity contribution is 6.08. The molecular weight excluding hydrogens is 392 g/mol. The number of rotatable bonds is 5. The van der Waals surface area contributed by atoms with Gasteiger partial charge in [-0.25, -0.2) is 0 Å². The van der Waals surface area contributed by atoms with Crippen LogP contribution < -0.4 is 10.6 Å². The standard InChI is InChI=1S/C24H20N4O3/c1-15-6-5-7-17(14-15)22-27-24(31-28-22)21-9-4-3-8-20(21)23(30)26-19-12-10-18(11-13-19)25-16(2)29/h3-14H,1-2H3,(H,25,29)(H,26,30). The van der Waals surface area contributed by atoms with Crippen molar-refractivity contribution in [2.45, 2.75) is 13.8 Å². The summed E-state index contributed by atoms with van der Waals surface area (Å²) in [7, 11) is 0. The van der Waals surface area contributed by atoms with Gasteiger partial charge in [-0.2, -0.15) is 4.98 Å². The zero-order chi connectivity index (χ0) is 21.8. The van der Waals surface area contributed by atoms with E-state index in [1.807, 2.05) is 37.3 Å². The van der Waals surface area contributed by atoms with Crippen LogP contribution in [0, 0.1) is 6.92 Å². The molecule has 4 aromatic rings. The lowest BCUT2D eigenvalue weighted by molar-refractivity contribution is -0.114. The van der Waals surface area contributed by atoms with Crippen LogP contribution in [0.4, 0.5) is 11.4 Å². The van der Waals surface area contributed by atoms with Gasteiger partial charge in [-0.3, -0.25) is 9.59 Å². The van der Waals surface area contributed by atoms with Gasteiger partial charge in [0.25, 0.3) is 11.8 Å².